The van der Waals surface area contributed by atoms with E-state index in [0.717, 1.165) is 21.8 Å². The van der Waals surface area contributed by atoms with E-state index >= 15 is 0 Å². The number of rotatable bonds is 5. The van der Waals surface area contributed by atoms with Gasteiger partial charge in [0.05, 0.1) is 11.7 Å². The van der Waals surface area contributed by atoms with Crippen LogP contribution in [0.3, 0.4) is 0 Å². The van der Waals surface area contributed by atoms with E-state index in [9.17, 15) is 18.4 Å². The van der Waals surface area contributed by atoms with Crippen LogP contribution in [0.5, 0.6) is 0 Å². The van der Waals surface area contributed by atoms with Crippen molar-refractivity contribution in [1.29, 1.82) is 0 Å². The van der Waals surface area contributed by atoms with Gasteiger partial charge in [0.2, 0.25) is 5.91 Å². The summed E-state index contributed by atoms with van der Waals surface area (Å²) in [5, 5.41) is 14.1. The molecule has 0 saturated heterocycles. The quantitative estimate of drug-likeness (QED) is 0.663. The minimum atomic E-state index is -3.96. The fourth-order valence-electron chi connectivity index (χ4n) is 3.08. The molecule has 3 N–H and O–H groups in total. The Balaban J connectivity index is 2.09. The Labute approximate surface area is 165 Å². The monoisotopic (exact) mass is 403 g/mol. The number of nitrogens with one attached hydrogen (secondary N) is 2. The highest BCUT2D eigenvalue weighted by molar-refractivity contribution is 7.92. The predicted octanol–water partition coefficient (Wildman–Crippen LogP) is 3.59. The van der Waals surface area contributed by atoms with Crippen molar-refractivity contribution < 1.29 is 18.4 Å². The lowest BCUT2D eigenvalue weighted by Gasteiger charge is -2.27. The van der Waals surface area contributed by atoms with Crippen LogP contribution in [0.25, 0.3) is 0 Å². The van der Waals surface area contributed by atoms with Crippen LogP contribution < -0.4 is 15.1 Å². The zero-order valence-electron chi connectivity index (χ0n) is 16.4. The Hall–Kier alpha value is -2.58. The lowest BCUT2D eigenvalue weighted by molar-refractivity contribution is -0.116. The number of fused-ring (bicyclic) bond motifs is 1. The second kappa shape index (κ2) is 7.44. The summed E-state index contributed by atoms with van der Waals surface area (Å²) in [5.41, 5.74) is 3.85. The number of anilines is 3. The molecule has 0 atom stereocenters. The van der Waals surface area contributed by atoms with Gasteiger partial charge in [-0.15, -0.1) is 0 Å². The zero-order valence-corrected chi connectivity index (χ0v) is 17.2. The summed E-state index contributed by atoms with van der Waals surface area (Å²) in [5.74, 6) is -0.128. The molecule has 7 nitrogen and oxygen atoms in total. The first-order chi connectivity index (χ1) is 13.1. The molecule has 1 heterocycles. The number of amides is 1. The number of carbonyl (C=O) groups excluding carboxylic acids is 1. The maximum absolute atomic E-state index is 13.2. The number of nitrogens with zero attached hydrogens (tertiary/aromatic N) is 1. The van der Waals surface area contributed by atoms with Gasteiger partial charge in [0.25, 0.3) is 10.0 Å². The third-order valence-corrected chi connectivity index (χ3v) is 6.28. The molecule has 0 saturated carbocycles. The summed E-state index contributed by atoms with van der Waals surface area (Å²) in [6.07, 6.45) is 0.740. The highest BCUT2D eigenvalue weighted by Gasteiger charge is 2.27. The Bertz CT molecular complexity index is 1030. The fraction of sp³-hybridized carbons (Fsp3) is 0.350. The Morgan fingerprint density at radius 3 is 2.46 bits per heavy atom. The average Bonchev–Trinajstić information content (AvgIpc) is 2.62. The summed E-state index contributed by atoms with van der Waals surface area (Å²) in [7, 11) is -3.96. The number of sulfonamides is 1. The molecule has 28 heavy (non-hydrogen) atoms. The van der Waals surface area contributed by atoms with Gasteiger partial charge in [-0.25, -0.2) is 8.42 Å². The SMILES string of the molecule is Cc1ccc(NS(=O)(=O)c2cc3c(cc2N(O)C(C)C)NC(=O)CC3)cc1C. The summed E-state index contributed by atoms with van der Waals surface area (Å²) in [6, 6.07) is 8.01. The molecule has 150 valence electrons. The lowest BCUT2D eigenvalue weighted by atomic mass is 10.0. The molecule has 2 aromatic carbocycles. The summed E-state index contributed by atoms with van der Waals surface area (Å²) >= 11 is 0. The van der Waals surface area contributed by atoms with Gasteiger partial charge in [0, 0.05) is 17.8 Å². The van der Waals surface area contributed by atoms with Crippen LogP contribution in [0.1, 0.15) is 37.0 Å². The van der Waals surface area contributed by atoms with Crippen LogP contribution in [0, 0.1) is 13.8 Å². The highest BCUT2D eigenvalue weighted by Crippen LogP contribution is 2.35. The van der Waals surface area contributed by atoms with E-state index in [4.69, 9.17) is 0 Å². The normalized spacial score (nSPS) is 13.9. The molecule has 1 amide bonds. The number of hydrogen-bond donors (Lipinski definition) is 3. The number of hydrogen-bond acceptors (Lipinski definition) is 5. The summed E-state index contributed by atoms with van der Waals surface area (Å²) < 4.78 is 28.9. The number of carbonyl (C=O) groups is 1. The van der Waals surface area contributed by atoms with Crippen molar-refractivity contribution in [3.05, 3.63) is 47.0 Å². The van der Waals surface area contributed by atoms with E-state index in [1.807, 2.05) is 19.9 Å². The average molecular weight is 404 g/mol. The van der Waals surface area contributed by atoms with E-state index in [-0.39, 0.29) is 22.5 Å². The molecule has 3 rings (SSSR count). The lowest BCUT2D eigenvalue weighted by Crippen LogP contribution is -2.30. The maximum atomic E-state index is 13.2. The molecule has 2 aromatic rings. The van der Waals surface area contributed by atoms with Crippen molar-refractivity contribution in [2.45, 2.75) is 51.5 Å². The van der Waals surface area contributed by atoms with Crippen LogP contribution in [0.15, 0.2) is 35.2 Å². The Morgan fingerprint density at radius 2 is 1.82 bits per heavy atom. The topological polar surface area (TPSA) is 98.7 Å². The molecule has 0 fully saturated rings. The molecule has 0 bridgehead atoms. The molecule has 1 aliphatic heterocycles. The number of aryl methyl sites for hydroxylation is 3. The van der Waals surface area contributed by atoms with E-state index in [1.54, 1.807) is 26.0 Å². The van der Waals surface area contributed by atoms with E-state index in [0.29, 0.717) is 24.2 Å². The summed E-state index contributed by atoms with van der Waals surface area (Å²) in [4.78, 5) is 11.7. The second-order valence-corrected chi connectivity index (χ2v) is 9.02. The Kier molecular flexibility index (Phi) is 5.36. The van der Waals surface area contributed by atoms with Gasteiger partial charge in [0.1, 0.15) is 4.90 Å². The van der Waals surface area contributed by atoms with Gasteiger partial charge >= 0.3 is 0 Å². The molecule has 1 aliphatic rings. The summed E-state index contributed by atoms with van der Waals surface area (Å²) in [6.45, 7) is 7.35. The molecule has 0 unspecified atom stereocenters. The minimum absolute atomic E-state index is 0.0307. The molecule has 0 spiro atoms. The van der Waals surface area contributed by atoms with Crippen LogP contribution in [0.4, 0.5) is 17.1 Å². The van der Waals surface area contributed by atoms with Crippen molar-refractivity contribution in [2.75, 3.05) is 15.1 Å². The largest absolute Gasteiger partial charge is 0.326 e. The van der Waals surface area contributed by atoms with Crippen LogP contribution in [-0.2, 0) is 21.2 Å². The number of benzene rings is 2. The third kappa shape index (κ3) is 3.98. The van der Waals surface area contributed by atoms with Gasteiger partial charge < -0.3 is 5.32 Å². The standard InChI is InChI=1S/C20H25N3O4S/c1-12(2)23(25)18-11-17-15(6-8-20(24)21-17)10-19(18)28(26,27)22-16-7-5-13(3)14(4)9-16/h5,7,9-12,22,25H,6,8H2,1-4H3,(H,21,24). The maximum Gasteiger partial charge on any atom is 0.264 e. The second-order valence-electron chi connectivity index (χ2n) is 7.37. The van der Waals surface area contributed by atoms with E-state index in [1.165, 1.54) is 12.1 Å². The molecule has 0 aromatic heterocycles. The molecular formula is C20H25N3O4S. The number of hydroxylamine groups is 1. The third-order valence-electron chi connectivity index (χ3n) is 4.86. The first-order valence-electron chi connectivity index (χ1n) is 9.13. The van der Waals surface area contributed by atoms with Gasteiger partial charge in [-0.1, -0.05) is 6.07 Å². The van der Waals surface area contributed by atoms with Gasteiger partial charge in [0.15, 0.2) is 0 Å². The highest BCUT2D eigenvalue weighted by atomic mass is 32.2. The van der Waals surface area contributed by atoms with E-state index in [2.05, 4.69) is 10.0 Å². The van der Waals surface area contributed by atoms with Crippen LogP contribution >= 0.6 is 0 Å². The first-order valence-corrected chi connectivity index (χ1v) is 10.6. The van der Waals surface area contributed by atoms with Gasteiger partial charge in [-0.2, -0.15) is 0 Å². The van der Waals surface area contributed by atoms with Crippen molar-refractivity contribution in [2.24, 2.45) is 0 Å². The molecule has 0 aliphatic carbocycles. The molecule has 0 radical (unpaired) electrons. The van der Waals surface area contributed by atoms with Gasteiger partial charge in [-0.3, -0.25) is 19.8 Å². The van der Waals surface area contributed by atoms with Crippen LogP contribution in [0.2, 0.25) is 0 Å². The van der Waals surface area contributed by atoms with Crippen molar-refractivity contribution in [1.82, 2.24) is 0 Å². The van der Waals surface area contributed by atoms with Gasteiger partial charge in [-0.05, 0) is 75.1 Å². The molecule has 8 heteroatoms. The van der Waals surface area contributed by atoms with Crippen molar-refractivity contribution in [3.63, 3.8) is 0 Å². The van der Waals surface area contributed by atoms with Crippen LogP contribution in [-0.4, -0.2) is 25.6 Å². The molecular weight excluding hydrogens is 378 g/mol. The van der Waals surface area contributed by atoms with Crippen molar-refractivity contribution >= 4 is 33.0 Å². The zero-order chi connectivity index (χ0) is 20.6. The predicted molar refractivity (Wildman–Crippen MR) is 110 cm³/mol. The fourth-order valence-corrected chi connectivity index (χ4v) is 4.35. The first kappa shape index (κ1) is 20.2. The smallest absolute Gasteiger partial charge is 0.264 e. The minimum Gasteiger partial charge on any atom is -0.326 e. The van der Waals surface area contributed by atoms with E-state index < -0.39 is 10.0 Å². The Morgan fingerprint density at radius 1 is 1.11 bits per heavy atom. The van der Waals surface area contributed by atoms with Crippen molar-refractivity contribution in [3.8, 4) is 0 Å².